The number of nitrogens with one attached hydrogen (secondary N) is 2. The second-order valence-electron chi connectivity index (χ2n) is 8.84. The molecule has 1 aromatic heterocycles. The summed E-state index contributed by atoms with van der Waals surface area (Å²) in [5.74, 6) is 0.806. The lowest BCUT2D eigenvalue weighted by Crippen LogP contribution is -2.39. The second-order valence-corrected chi connectivity index (χ2v) is 9.94. The van der Waals surface area contributed by atoms with Gasteiger partial charge in [0.05, 0.1) is 12.2 Å². The van der Waals surface area contributed by atoms with Crippen molar-refractivity contribution in [3.63, 3.8) is 0 Å². The van der Waals surface area contributed by atoms with Crippen LogP contribution < -0.4 is 15.4 Å². The predicted molar refractivity (Wildman–Crippen MR) is 138 cm³/mol. The number of hydrogen-bond acceptors (Lipinski definition) is 5. The van der Waals surface area contributed by atoms with Crippen LogP contribution in [0.25, 0.3) is 10.8 Å². The Kier molecular flexibility index (Phi) is 5.47. The minimum atomic E-state index is -0.340. The zero-order valence-electron chi connectivity index (χ0n) is 19.1. The van der Waals surface area contributed by atoms with Crippen molar-refractivity contribution in [2.45, 2.75) is 32.6 Å². The van der Waals surface area contributed by atoms with Crippen LogP contribution in [0.5, 0.6) is 5.75 Å². The number of carbonyl (C=O) groups is 1. The summed E-state index contributed by atoms with van der Waals surface area (Å²) < 4.78 is 5.98. The first-order valence-electron chi connectivity index (χ1n) is 11.8. The Labute approximate surface area is 203 Å². The van der Waals surface area contributed by atoms with Gasteiger partial charge in [0.15, 0.2) is 0 Å². The number of nitrogens with zero attached hydrogens (tertiary/aromatic N) is 1. The number of fused-ring (bicyclic) bond motifs is 4. The van der Waals surface area contributed by atoms with E-state index in [0.717, 1.165) is 58.7 Å². The molecule has 1 amide bonds. The van der Waals surface area contributed by atoms with Gasteiger partial charge in [-0.2, -0.15) is 0 Å². The third kappa shape index (κ3) is 3.73. The average Bonchev–Trinajstić information content (AvgIpc) is 3.23. The van der Waals surface area contributed by atoms with Crippen molar-refractivity contribution in [3.05, 3.63) is 93.9 Å². The van der Waals surface area contributed by atoms with E-state index >= 15 is 0 Å². The van der Waals surface area contributed by atoms with Crippen LogP contribution in [-0.2, 0) is 19.5 Å². The Morgan fingerprint density at radius 1 is 1.03 bits per heavy atom. The number of benzene rings is 3. The Bertz CT molecular complexity index is 1370. The van der Waals surface area contributed by atoms with Crippen molar-refractivity contribution in [2.75, 3.05) is 18.5 Å². The van der Waals surface area contributed by atoms with Gasteiger partial charge in [-0.05, 0) is 41.3 Å². The number of thiophene rings is 1. The van der Waals surface area contributed by atoms with Gasteiger partial charge < -0.3 is 15.4 Å². The molecule has 3 heterocycles. The molecule has 0 bridgehead atoms. The van der Waals surface area contributed by atoms with Gasteiger partial charge in [0.1, 0.15) is 16.9 Å². The van der Waals surface area contributed by atoms with E-state index in [1.807, 2.05) is 25.1 Å². The Morgan fingerprint density at radius 3 is 2.71 bits per heavy atom. The molecule has 0 saturated carbocycles. The molecule has 0 spiro atoms. The van der Waals surface area contributed by atoms with Gasteiger partial charge in [0, 0.05) is 30.1 Å². The molecule has 1 unspecified atom stereocenters. The fraction of sp³-hybridized carbons (Fsp3) is 0.250. The van der Waals surface area contributed by atoms with Crippen LogP contribution in [0.2, 0.25) is 0 Å². The molecule has 0 fully saturated rings. The minimum Gasteiger partial charge on any atom is -0.493 e. The van der Waals surface area contributed by atoms with Crippen molar-refractivity contribution < 1.29 is 9.53 Å². The number of hydrogen-bond donors (Lipinski definition) is 2. The van der Waals surface area contributed by atoms with E-state index in [1.165, 1.54) is 16.0 Å². The van der Waals surface area contributed by atoms with Gasteiger partial charge in [0.25, 0.3) is 5.91 Å². The standard InChI is InChI=1S/C28H27N3O2S/c1-2-33-22-13-12-19-10-6-7-11-20(19)24(22)26-29-27(32)25-21-14-15-31(16-18-8-4-3-5-9-18)17-23(21)34-28(25)30-26/h3-13,26,30H,2,14-17H2,1H3,(H,29,32). The quantitative estimate of drug-likeness (QED) is 0.393. The van der Waals surface area contributed by atoms with Crippen molar-refractivity contribution in [1.29, 1.82) is 0 Å². The Morgan fingerprint density at radius 2 is 1.85 bits per heavy atom. The van der Waals surface area contributed by atoms with E-state index in [-0.39, 0.29) is 12.1 Å². The fourth-order valence-corrected chi connectivity index (χ4v) is 6.46. The van der Waals surface area contributed by atoms with Gasteiger partial charge in [-0.15, -0.1) is 11.3 Å². The first-order valence-corrected chi connectivity index (χ1v) is 12.7. The molecule has 3 aromatic carbocycles. The monoisotopic (exact) mass is 469 g/mol. The lowest BCUT2D eigenvalue weighted by atomic mass is 9.97. The lowest BCUT2D eigenvalue weighted by molar-refractivity contribution is 0.0934. The van der Waals surface area contributed by atoms with Gasteiger partial charge in [-0.25, -0.2) is 0 Å². The molecule has 4 aromatic rings. The van der Waals surface area contributed by atoms with Crippen molar-refractivity contribution >= 4 is 33.0 Å². The van der Waals surface area contributed by atoms with Crippen molar-refractivity contribution in [3.8, 4) is 5.75 Å². The Hall–Kier alpha value is -3.35. The minimum absolute atomic E-state index is 0.00291. The number of rotatable bonds is 5. The fourth-order valence-electron chi connectivity index (χ4n) is 5.14. The van der Waals surface area contributed by atoms with Gasteiger partial charge in [-0.3, -0.25) is 9.69 Å². The molecule has 6 rings (SSSR count). The zero-order chi connectivity index (χ0) is 23.1. The SMILES string of the molecule is CCOc1ccc2ccccc2c1C1NC(=O)c2c(sc3c2CCN(Cc2ccccc2)C3)N1. The summed E-state index contributed by atoms with van der Waals surface area (Å²) in [6.45, 7) is 5.32. The summed E-state index contributed by atoms with van der Waals surface area (Å²) in [6.07, 6.45) is 0.555. The third-order valence-corrected chi connectivity index (χ3v) is 7.83. The van der Waals surface area contributed by atoms with Gasteiger partial charge in [-0.1, -0.05) is 60.7 Å². The highest BCUT2D eigenvalue weighted by Crippen LogP contribution is 2.43. The second kappa shape index (κ2) is 8.78. The van der Waals surface area contributed by atoms with Gasteiger partial charge in [0.2, 0.25) is 0 Å². The molecular weight excluding hydrogens is 442 g/mol. The molecule has 5 nitrogen and oxygen atoms in total. The normalized spacial score (nSPS) is 17.6. The summed E-state index contributed by atoms with van der Waals surface area (Å²) in [5.41, 5.74) is 4.34. The molecule has 0 radical (unpaired) electrons. The van der Waals surface area contributed by atoms with E-state index in [4.69, 9.17) is 4.74 Å². The van der Waals surface area contributed by atoms with Gasteiger partial charge >= 0.3 is 0 Å². The first kappa shape index (κ1) is 21.2. The molecule has 1 atom stereocenters. The molecule has 2 aliphatic heterocycles. The summed E-state index contributed by atoms with van der Waals surface area (Å²) in [4.78, 5) is 17.1. The van der Waals surface area contributed by atoms with E-state index in [0.29, 0.717) is 6.61 Å². The van der Waals surface area contributed by atoms with Crippen LogP contribution in [0.1, 0.15) is 45.0 Å². The van der Waals surface area contributed by atoms with Crippen LogP contribution >= 0.6 is 11.3 Å². The van der Waals surface area contributed by atoms with Crippen molar-refractivity contribution in [1.82, 2.24) is 10.2 Å². The summed E-state index contributed by atoms with van der Waals surface area (Å²) in [5, 5.41) is 10.1. The largest absolute Gasteiger partial charge is 0.493 e. The maximum absolute atomic E-state index is 13.4. The van der Waals surface area contributed by atoms with Crippen LogP contribution in [0.4, 0.5) is 5.00 Å². The summed E-state index contributed by atoms with van der Waals surface area (Å²) in [6, 6.07) is 22.9. The van der Waals surface area contributed by atoms with E-state index in [1.54, 1.807) is 11.3 Å². The van der Waals surface area contributed by atoms with Crippen LogP contribution in [0, 0.1) is 0 Å². The lowest BCUT2D eigenvalue weighted by Gasteiger charge is -2.30. The van der Waals surface area contributed by atoms with Crippen LogP contribution in [0.15, 0.2) is 66.7 Å². The first-order chi connectivity index (χ1) is 16.7. The van der Waals surface area contributed by atoms with E-state index in [2.05, 4.69) is 64.1 Å². The Balaban J connectivity index is 1.32. The van der Waals surface area contributed by atoms with Crippen molar-refractivity contribution in [2.24, 2.45) is 0 Å². The topological polar surface area (TPSA) is 53.6 Å². The van der Waals surface area contributed by atoms with E-state index < -0.39 is 0 Å². The summed E-state index contributed by atoms with van der Waals surface area (Å²) >= 11 is 1.72. The zero-order valence-corrected chi connectivity index (χ0v) is 20.0. The molecule has 34 heavy (non-hydrogen) atoms. The van der Waals surface area contributed by atoms with Crippen LogP contribution in [-0.4, -0.2) is 24.0 Å². The molecular formula is C28H27N3O2S. The molecule has 6 heteroatoms. The number of amides is 1. The third-order valence-electron chi connectivity index (χ3n) is 6.68. The maximum atomic E-state index is 13.4. The maximum Gasteiger partial charge on any atom is 0.256 e. The number of carbonyl (C=O) groups excluding carboxylic acids is 1. The average molecular weight is 470 g/mol. The highest BCUT2D eigenvalue weighted by atomic mass is 32.1. The highest BCUT2D eigenvalue weighted by Gasteiger charge is 2.34. The van der Waals surface area contributed by atoms with E-state index in [9.17, 15) is 4.79 Å². The number of ether oxygens (including phenoxy) is 1. The predicted octanol–water partition coefficient (Wildman–Crippen LogP) is 5.71. The molecule has 2 N–H and O–H groups in total. The molecule has 172 valence electrons. The summed E-state index contributed by atoms with van der Waals surface area (Å²) in [7, 11) is 0. The molecule has 2 aliphatic rings. The highest BCUT2D eigenvalue weighted by molar-refractivity contribution is 7.16. The molecule has 0 aliphatic carbocycles. The smallest absolute Gasteiger partial charge is 0.256 e. The molecule has 0 saturated heterocycles. The van der Waals surface area contributed by atoms with Crippen LogP contribution in [0.3, 0.4) is 0 Å². The number of anilines is 1.